The van der Waals surface area contributed by atoms with E-state index in [4.69, 9.17) is 16.3 Å². The molecule has 0 saturated heterocycles. The van der Waals surface area contributed by atoms with Crippen LogP contribution in [0.15, 0.2) is 48.5 Å². The highest BCUT2D eigenvalue weighted by Crippen LogP contribution is 2.26. The normalized spacial score (nSPS) is 12.0. The summed E-state index contributed by atoms with van der Waals surface area (Å²) in [7, 11) is 0. The van der Waals surface area contributed by atoms with Gasteiger partial charge in [-0.25, -0.2) is 0 Å². The summed E-state index contributed by atoms with van der Waals surface area (Å²) in [6.45, 7) is 6.66. The van der Waals surface area contributed by atoms with E-state index in [1.165, 1.54) is 5.56 Å². The number of carbonyl (C=O) groups excluding carboxylic acids is 1. The van der Waals surface area contributed by atoms with Crippen LogP contribution in [0.4, 0.5) is 0 Å². The molecule has 1 atom stereocenters. The Labute approximate surface area is 149 Å². The maximum Gasteiger partial charge on any atom is 0.222 e. The molecule has 24 heavy (non-hydrogen) atoms. The van der Waals surface area contributed by atoms with Crippen LogP contribution in [-0.2, 0) is 4.79 Å². The third-order valence-corrected chi connectivity index (χ3v) is 4.15. The van der Waals surface area contributed by atoms with Gasteiger partial charge in [-0.3, -0.25) is 4.79 Å². The number of nitrogens with one attached hydrogen (secondary N) is 1. The van der Waals surface area contributed by atoms with E-state index >= 15 is 0 Å². The van der Waals surface area contributed by atoms with Crippen molar-refractivity contribution in [3.63, 3.8) is 0 Å². The molecule has 0 bridgehead atoms. The summed E-state index contributed by atoms with van der Waals surface area (Å²) in [6.07, 6.45) is 0.913. The summed E-state index contributed by atoms with van der Waals surface area (Å²) >= 11 is 5.87. The molecule has 0 fully saturated rings. The van der Waals surface area contributed by atoms with Crippen molar-refractivity contribution in [2.75, 3.05) is 6.54 Å². The molecular formula is C20H24ClNO2. The molecule has 0 radical (unpaired) electrons. The fourth-order valence-electron chi connectivity index (χ4n) is 2.29. The van der Waals surface area contributed by atoms with Gasteiger partial charge >= 0.3 is 0 Å². The first kappa shape index (κ1) is 18.3. The number of amides is 1. The molecule has 0 aromatic heterocycles. The van der Waals surface area contributed by atoms with Crippen molar-refractivity contribution in [3.8, 4) is 11.5 Å². The standard InChI is InChI=1S/C20H24ClNO2/c1-14(2)20(23)22-13-12-15(3)16-4-8-18(9-5-16)24-19-10-6-17(21)7-11-19/h4-11,14-15H,12-13H2,1-3H3,(H,22,23). The fraction of sp³-hybridized carbons (Fsp3) is 0.350. The smallest absolute Gasteiger partial charge is 0.222 e. The molecule has 3 nitrogen and oxygen atoms in total. The minimum Gasteiger partial charge on any atom is -0.457 e. The summed E-state index contributed by atoms with van der Waals surface area (Å²) in [6, 6.07) is 15.4. The molecule has 1 unspecified atom stereocenters. The SMILES string of the molecule is CC(C)C(=O)NCCC(C)c1ccc(Oc2ccc(Cl)cc2)cc1. The highest BCUT2D eigenvalue weighted by Gasteiger charge is 2.09. The summed E-state index contributed by atoms with van der Waals surface area (Å²) in [5, 5.41) is 3.65. The molecule has 0 aliphatic rings. The number of hydrogen-bond acceptors (Lipinski definition) is 2. The molecule has 2 aromatic rings. The Morgan fingerprint density at radius 1 is 1.00 bits per heavy atom. The molecule has 2 aromatic carbocycles. The lowest BCUT2D eigenvalue weighted by Gasteiger charge is -2.14. The number of benzene rings is 2. The van der Waals surface area contributed by atoms with Crippen LogP contribution in [0, 0.1) is 5.92 Å². The van der Waals surface area contributed by atoms with E-state index in [0.717, 1.165) is 17.9 Å². The summed E-state index contributed by atoms with van der Waals surface area (Å²) < 4.78 is 5.79. The number of carbonyl (C=O) groups is 1. The van der Waals surface area contributed by atoms with Crippen molar-refractivity contribution in [1.82, 2.24) is 5.32 Å². The largest absolute Gasteiger partial charge is 0.457 e. The Kier molecular flexibility index (Phi) is 6.68. The number of ether oxygens (including phenoxy) is 1. The van der Waals surface area contributed by atoms with Gasteiger partial charge in [0.25, 0.3) is 0 Å². The molecule has 2 rings (SSSR count). The Bertz CT molecular complexity index is 650. The van der Waals surface area contributed by atoms with Crippen LogP contribution in [0.2, 0.25) is 5.02 Å². The minimum atomic E-state index is 0.0320. The van der Waals surface area contributed by atoms with Crippen molar-refractivity contribution in [1.29, 1.82) is 0 Å². The molecule has 1 N–H and O–H groups in total. The van der Waals surface area contributed by atoms with E-state index in [2.05, 4.69) is 24.4 Å². The maximum absolute atomic E-state index is 11.6. The molecule has 1 amide bonds. The van der Waals surface area contributed by atoms with E-state index < -0.39 is 0 Å². The van der Waals surface area contributed by atoms with Gasteiger partial charge in [-0.15, -0.1) is 0 Å². The Hall–Kier alpha value is -2.00. The third kappa shape index (κ3) is 5.57. The van der Waals surface area contributed by atoms with Crippen LogP contribution < -0.4 is 10.1 Å². The van der Waals surface area contributed by atoms with Crippen LogP contribution >= 0.6 is 11.6 Å². The lowest BCUT2D eigenvalue weighted by Crippen LogP contribution is -2.29. The van der Waals surface area contributed by atoms with Crippen LogP contribution in [0.25, 0.3) is 0 Å². The predicted molar refractivity (Wildman–Crippen MR) is 98.8 cm³/mol. The zero-order valence-electron chi connectivity index (χ0n) is 14.4. The molecule has 128 valence electrons. The molecule has 0 aliphatic carbocycles. The number of rotatable bonds is 7. The average molecular weight is 346 g/mol. The Morgan fingerprint density at radius 3 is 2.08 bits per heavy atom. The van der Waals surface area contributed by atoms with Crippen LogP contribution in [0.3, 0.4) is 0 Å². The molecule has 0 heterocycles. The average Bonchev–Trinajstić information content (AvgIpc) is 2.57. The molecule has 0 spiro atoms. The highest BCUT2D eigenvalue weighted by atomic mass is 35.5. The van der Waals surface area contributed by atoms with Gasteiger partial charge in [0.15, 0.2) is 0 Å². The lowest BCUT2D eigenvalue weighted by molar-refractivity contribution is -0.123. The summed E-state index contributed by atoms with van der Waals surface area (Å²) in [5.41, 5.74) is 1.23. The van der Waals surface area contributed by atoms with Crippen LogP contribution in [0.1, 0.15) is 38.7 Å². The van der Waals surface area contributed by atoms with Crippen molar-refractivity contribution in [2.45, 2.75) is 33.1 Å². The van der Waals surface area contributed by atoms with Crippen molar-refractivity contribution in [3.05, 3.63) is 59.1 Å². The first-order valence-electron chi connectivity index (χ1n) is 8.27. The first-order chi connectivity index (χ1) is 11.5. The predicted octanol–water partition coefficient (Wildman–Crippen LogP) is 5.40. The molecule has 4 heteroatoms. The maximum atomic E-state index is 11.6. The van der Waals surface area contributed by atoms with Crippen molar-refractivity contribution >= 4 is 17.5 Å². The van der Waals surface area contributed by atoms with Crippen molar-refractivity contribution in [2.24, 2.45) is 5.92 Å². The second-order valence-corrected chi connectivity index (χ2v) is 6.70. The number of hydrogen-bond donors (Lipinski definition) is 1. The second kappa shape index (κ2) is 8.74. The minimum absolute atomic E-state index is 0.0320. The molecule has 0 aliphatic heterocycles. The quantitative estimate of drug-likeness (QED) is 0.729. The van der Waals surface area contributed by atoms with Crippen LogP contribution in [0.5, 0.6) is 11.5 Å². The number of halogens is 1. The van der Waals surface area contributed by atoms with Gasteiger partial charge in [0.05, 0.1) is 0 Å². The van der Waals surface area contributed by atoms with Gasteiger partial charge in [0, 0.05) is 17.5 Å². The van der Waals surface area contributed by atoms with Gasteiger partial charge in [-0.05, 0) is 54.3 Å². The van der Waals surface area contributed by atoms with Gasteiger partial charge in [0.1, 0.15) is 11.5 Å². The molecular weight excluding hydrogens is 322 g/mol. The topological polar surface area (TPSA) is 38.3 Å². The van der Waals surface area contributed by atoms with Gasteiger partial charge in [-0.1, -0.05) is 44.5 Å². The van der Waals surface area contributed by atoms with Crippen LogP contribution in [-0.4, -0.2) is 12.5 Å². The van der Waals surface area contributed by atoms with E-state index in [-0.39, 0.29) is 11.8 Å². The Morgan fingerprint density at radius 2 is 1.54 bits per heavy atom. The lowest BCUT2D eigenvalue weighted by atomic mass is 9.97. The molecule has 0 saturated carbocycles. The van der Waals surface area contributed by atoms with Gasteiger partial charge < -0.3 is 10.1 Å². The van der Waals surface area contributed by atoms with E-state index in [1.54, 1.807) is 12.1 Å². The fourth-order valence-corrected chi connectivity index (χ4v) is 2.41. The van der Waals surface area contributed by atoms with E-state index in [9.17, 15) is 4.79 Å². The first-order valence-corrected chi connectivity index (χ1v) is 8.64. The summed E-state index contributed by atoms with van der Waals surface area (Å²) in [5.74, 6) is 2.07. The van der Waals surface area contributed by atoms with E-state index in [1.807, 2.05) is 38.1 Å². The van der Waals surface area contributed by atoms with Gasteiger partial charge in [-0.2, -0.15) is 0 Å². The van der Waals surface area contributed by atoms with Crippen molar-refractivity contribution < 1.29 is 9.53 Å². The third-order valence-electron chi connectivity index (χ3n) is 3.90. The Balaban J connectivity index is 1.86. The second-order valence-electron chi connectivity index (χ2n) is 6.26. The monoisotopic (exact) mass is 345 g/mol. The zero-order valence-corrected chi connectivity index (χ0v) is 15.1. The van der Waals surface area contributed by atoms with Gasteiger partial charge in [0.2, 0.25) is 5.91 Å². The summed E-state index contributed by atoms with van der Waals surface area (Å²) in [4.78, 5) is 11.6. The highest BCUT2D eigenvalue weighted by molar-refractivity contribution is 6.30. The van der Waals surface area contributed by atoms with E-state index in [0.29, 0.717) is 17.5 Å². The zero-order chi connectivity index (χ0) is 17.5.